The van der Waals surface area contributed by atoms with E-state index in [4.69, 9.17) is 0 Å². The Balaban J connectivity index is 2.27. The first-order chi connectivity index (χ1) is 9.33. The lowest BCUT2D eigenvalue weighted by Crippen LogP contribution is -2.51. The Morgan fingerprint density at radius 3 is 2.70 bits per heavy atom. The highest BCUT2D eigenvalue weighted by Gasteiger charge is 2.53. The van der Waals surface area contributed by atoms with Gasteiger partial charge in [-0.25, -0.2) is 0 Å². The third-order valence-corrected chi connectivity index (χ3v) is 6.29. The fraction of sp³-hybridized carbons (Fsp3) is 0.833. The third kappa shape index (κ3) is 2.59. The third-order valence-electron chi connectivity index (χ3n) is 6.29. The normalized spacial score (nSPS) is 41.3. The molecule has 2 nitrogen and oxygen atoms in total. The van der Waals surface area contributed by atoms with Gasteiger partial charge in [0.1, 0.15) is 5.78 Å². The topological polar surface area (TPSA) is 37.3 Å². The average Bonchev–Trinajstić information content (AvgIpc) is 2.37. The van der Waals surface area contributed by atoms with Crippen LogP contribution >= 0.6 is 0 Å². The van der Waals surface area contributed by atoms with Gasteiger partial charge >= 0.3 is 0 Å². The van der Waals surface area contributed by atoms with Gasteiger partial charge < -0.3 is 9.90 Å². The molecular weight excluding hydrogens is 248 g/mol. The van der Waals surface area contributed by atoms with E-state index in [0.717, 1.165) is 25.7 Å². The summed E-state index contributed by atoms with van der Waals surface area (Å²) in [6.45, 7) is 10.9. The summed E-state index contributed by atoms with van der Waals surface area (Å²) in [5.74, 6) is 1.30. The van der Waals surface area contributed by atoms with Crippen LogP contribution in [0.2, 0.25) is 0 Å². The molecule has 114 valence electrons. The lowest BCUT2D eigenvalue weighted by Gasteiger charge is -2.58. The van der Waals surface area contributed by atoms with Crippen LogP contribution in [0.5, 0.6) is 0 Å². The summed E-state index contributed by atoms with van der Waals surface area (Å²) in [5.41, 5.74) is 1.62. The molecule has 1 N–H and O–H groups in total. The van der Waals surface area contributed by atoms with E-state index in [2.05, 4.69) is 20.4 Å². The molecule has 0 aliphatic heterocycles. The molecule has 0 spiro atoms. The van der Waals surface area contributed by atoms with Crippen LogP contribution in [-0.2, 0) is 4.79 Å². The average molecular weight is 278 g/mol. The number of allylic oxidation sites excluding steroid dienone is 1. The molecule has 0 unspecified atom stereocenters. The number of carbonyl (C=O) groups excluding carboxylic acids is 1. The molecular formula is C18H30O2. The second-order valence-electron chi connectivity index (χ2n) is 7.71. The van der Waals surface area contributed by atoms with Crippen molar-refractivity contribution in [2.24, 2.45) is 22.7 Å². The highest BCUT2D eigenvalue weighted by atomic mass is 16.3. The zero-order chi connectivity index (χ0) is 15.0. The van der Waals surface area contributed by atoms with Crippen LogP contribution in [0, 0.1) is 22.7 Å². The smallest absolute Gasteiger partial charge is 0.129 e. The first-order valence-corrected chi connectivity index (χ1v) is 8.11. The molecule has 2 fully saturated rings. The van der Waals surface area contributed by atoms with Crippen molar-refractivity contribution >= 4 is 5.78 Å². The Morgan fingerprint density at radius 1 is 1.40 bits per heavy atom. The summed E-state index contributed by atoms with van der Waals surface area (Å²) in [6, 6.07) is 0. The maximum atomic E-state index is 11.4. The van der Waals surface area contributed by atoms with Gasteiger partial charge in [-0.05, 0) is 61.7 Å². The van der Waals surface area contributed by atoms with Crippen molar-refractivity contribution in [2.45, 2.75) is 65.7 Å². The van der Waals surface area contributed by atoms with E-state index in [1.165, 1.54) is 18.4 Å². The number of fused-ring (bicyclic) bond motifs is 1. The maximum absolute atomic E-state index is 11.4. The van der Waals surface area contributed by atoms with Crippen LogP contribution in [0.3, 0.4) is 0 Å². The summed E-state index contributed by atoms with van der Waals surface area (Å²) in [6.07, 6.45) is 7.38. The van der Waals surface area contributed by atoms with E-state index in [9.17, 15) is 9.90 Å². The van der Waals surface area contributed by atoms with Crippen LogP contribution in [0.4, 0.5) is 0 Å². The molecule has 0 amide bonds. The largest absolute Gasteiger partial charge is 0.396 e. The second kappa shape index (κ2) is 5.63. The van der Waals surface area contributed by atoms with Crippen molar-refractivity contribution < 1.29 is 9.90 Å². The van der Waals surface area contributed by atoms with E-state index in [1.54, 1.807) is 6.92 Å². The highest BCUT2D eigenvalue weighted by molar-refractivity contribution is 5.75. The van der Waals surface area contributed by atoms with Gasteiger partial charge in [0.2, 0.25) is 0 Å². The molecule has 2 saturated carbocycles. The quantitative estimate of drug-likeness (QED) is 0.785. The first kappa shape index (κ1) is 15.8. The zero-order valence-corrected chi connectivity index (χ0v) is 13.4. The minimum atomic E-state index is 0.0577. The van der Waals surface area contributed by atoms with E-state index in [0.29, 0.717) is 24.9 Å². The van der Waals surface area contributed by atoms with E-state index >= 15 is 0 Å². The number of hydrogen-bond acceptors (Lipinski definition) is 2. The molecule has 2 rings (SSSR count). The van der Waals surface area contributed by atoms with Crippen molar-refractivity contribution in [1.29, 1.82) is 0 Å². The molecule has 0 saturated heterocycles. The molecule has 0 radical (unpaired) electrons. The van der Waals surface area contributed by atoms with Gasteiger partial charge in [-0.2, -0.15) is 0 Å². The minimum absolute atomic E-state index is 0.0577. The molecule has 20 heavy (non-hydrogen) atoms. The van der Waals surface area contributed by atoms with Crippen LogP contribution in [-0.4, -0.2) is 17.5 Å². The summed E-state index contributed by atoms with van der Waals surface area (Å²) in [5, 5.41) is 9.90. The summed E-state index contributed by atoms with van der Waals surface area (Å²) in [7, 11) is 0. The number of hydrogen-bond donors (Lipinski definition) is 1. The fourth-order valence-electron chi connectivity index (χ4n) is 5.15. The van der Waals surface area contributed by atoms with Gasteiger partial charge in [-0.1, -0.05) is 32.4 Å². The van der Waals surface area contributed by atoms with E-state index in [1.807, 2.05) is 0 Å². The number of carbonyl (C=O) groups is 1. The van der Waals surface area contributed by atoms with Gasteiger partial charge in [0.25, 0.3) is 0 Å². The number of rotatable bonds is 4. The monoisotopic (exact) mass is 278 g/mol. The number of Topliss-reactive ketones (excluding diaryl/α,β-unsaturated/α-hetero) is 1. The minimum Gasteiger partial charge on any atom is -0.396 e. The van der Waals surface area contributed by atoms with E-state index in [-0.39, 0.29) is 16.6 Å². The van der Waals surface area contributed by atoms with Crippen LogP contribution in [0.25, 0.3) is 0 Å². The zero-order valence-electron chi connectivity index (χ0n) is 13.4. The summed E-state index contributed by atoms with van der Waals surface area (Å²) in [4.78, 5) is 11.4. The molecule has 0 heterocycles. The lowest BCUT2D eigenvalue weighted by molar-refractivity contribution is -0.118. The van der Waals surface area contributed by atoms with Gasteiger partial charge in [-0.3, -0.25) is 0 Å². The SMILES string of the molecule is C=C1CC[C@H]2[C@@](C)(CO)CCC[C@]2(C)[C@H]1CCC(C)=O. The first-order valence-electron chi connectivity index (χ1n) is 8.11. The molecule has 0 aromatic rings. The Kier molecular flexibility index (Phi) is 4.44. The molecule has 4 atom stereocenters. The molecule has 0 bridgehead atoms. The number of aliphatic hydroxyl groups is 1. The van der Waals surface area contributed by atoms with Crippen LogP contribution in [0.15, 0.2) is 12.2 Å². The summed E-state index contributed by atoms with van der Waals surface area (Å²) >= 11 is 0. The fourth-order valence-corrected chi connectivity index (χ4v) is 5.15. The molecule has 2 aliphatic carbocycles. The predicted octanol–water partition coefficient (Wildman–Crippen LogP) is 4.13. The van der Waals surface area contributed by atoms with Gasteiger partial charge in [0.05, 0.1) is 0 Å². The Morgan fingerprint density at radius 2 is 2.10 bits per heavy atom. The molecule has 0 aromatic heterocycles. The van der Waals surface area contributed by atoms with Crippen molar-refractivity contribution in [2.75, 3.05) is 6.61 Å². The standard InChI is InChI=1S/C18H30O2/c1-13-6-9-16-17(3,12-19)10-5-11-18(16,4)15(13)8-7-14(2)20/h15-16,19H,1,5-12H2,2-4H3/t15-,16-,17+,18+/m0/s1. The Labute approximate surface area is 123 Å². The maximum Gasteiger partial charge on any atom is 0.129 e. The number of ketones is 1. The van der Waals surface area contributed by atoms with Crippen molar-refractivity contribution in [1.82, 2.24) is 0 Å². The van der Waals surface area contributed by atoms with Crippen LogP contribution in [0.1, 0.15) is 65.7 Å². The van der Waals surface area contributed by atoms with Crippen molar-refractivity contribution in [3.8, 4) is 0 Å². The van der Waals surface area contributed by atoms with Gasteiger partial charge in [0.15, 0.2) is 0 Å². The second-order valence-corrected chi connectivity index (χ2v) is 7.71. The summed E-state index contributed by atoms with van der Waals surface area (Å²) < 4.78 is 0. The Bertz CT molecular complexity index is 400. The number of aliphatic hydroxyl groups excluding tert-OH is 1. The van der Waals surface area contributed by atoms with Crippen LogP contribution < -0.4 is 0 Å². The predicted molar refractivity (Wildman–Crippen MR) is 82.4 cm³/mol. The van der Waals surface area contributed by atoms with Gasteiger partial charge in [-0.15, -0.1) is 0 Å². The molecule has 2 heteroatoms. The Hall–Kier alpha value is -0.630. The van der Waals surface area contributed by atoms with Crippen molar-refractivity contribution in [3.05, 3.63) is 12.2 Å². The molecule has 0 aromatic carbocycles. The highest BCUT2D eigenvalue weighted by Crippen LogP contribution is 2.61. The lowest BCUT2D eigenvalue weighted by atomic mass is 9.47. The van der Waals surface area contributed by atoms with Crippen molar-refractivity contribution in [3.63, 3.8) is 0 Å². The molecule has 2 aliphatic rings. The van der Waals surface area contributed by atoms with E-state index < -0.39 is 0 Å². The van der Waals surface area contributed by atoms with Gasteiger partial charge in [0, 0.05) is 13.0 Å².